The van der Waals surface area contributed by atoms with Crippen LogP contribution >= 0.6 is 15.9 Å². The Labute approximate surface area is 105 Å². The van der Waals surface area contributed by atoms with E-state index < -0.39 is 0 Å². The number of alkyl halides is 1. The first-order chi connectivity index (χ1) is 7.81. The lowest BCUT2D eigenvalue weighted by Crippen LogP contribution is -1.98. The normalized spacial score (nSPS) is 10.7. The van der Waals surface area contributed by atoms with Gasteiger partial charge in [0.2, 0.25) is 0 Å². The minimum atomic E-state index is 0.645. The molecule has 0 unspecified atom stereocenters. The standard InChI is InChI=1S/C13H17BrO2/c1-3-15-12-8-7-11(6-5-9-14)10-13(12)16-4-2/h5-8,10H,3-4,9H2,1-2H3. The zero-order chi connectivity index (χ0) is 11.8. The van der Waals surface area contributed by atoms with Crippen molar-refractivity contribution in [3.8, 4) is 11.5 Å². The lowest BCUT2D eigenvalue weighted by Gasteiger charge is -2.11. The van der Waals surface area contributed by atoms with Crippen molar-refractivity contribution in [3.05, 3.63) is 29.8 Å². The number of hydrogen-bond acceptors (Lipinski definition) is 2. The van der Waals surface area contributed by atoms with Gasteiger partial charge >= 0.3 is 0 Å². The Bertz CT molecular complexity index is 348. The first-order valence-corrected chi connectivity index (χ1v) is 6.56. The van der Waals surface area contributed by atoms with Crippen LogP contribution in [0.3, 0.4) is 0 Å². The lowest BCUT2D eigenvalue weighted by molar-refractivity contribution is 0.287. The fourth-order valence-corrected chi connectivity index (χ4v) is 1.54. The number of ether oxygens (including phenoxy) is 2. The highest BCUT2D eigenvalue weighted by atomic mass is 79.9. The molecule has 0 N–H and O–H groups in total. The van der Waals surface area contributed by atoms with E-state index in [4.69, 9.17) is 9.47 Å². The number of hydrogen-bond donors (Lipinski definition) is 0. The molecule has 3 heteroatoms. The zero-order valence-electron chi connectivity index (χ0n) is 9.70. The maximum Gasteiger partial charge on any atom is 0.161 e. The molecule has 0 aliphatic carbocycles. The van der Waals surface area contributed by atoms with Crippen molar-refractivity contribution in [2.24, 2.45) is 0 Å². The zero-order valence-corrected chi connectivity index (χ0v) is 11.3. The number of halogens is 1. The summed E-state index contributed by atoms with van der Waals surface area (Å²) < 4.78 is 11.0. The van der Waals surface area contributed by atoms with Crippen molar-refractivity contribution < 1.29 is 9.47 Å². The second-order valence-corrected chi connectivity index (χ2v) is 3.78. The van der Waals surface area contributed by atoms with Crippen LogP contribution < -0.4 is 9.47 Å². The van der Waals surface area contributed by atoms with E-state index in [-0.39, 0.29) is 0 Å². The topological polar surface area (TPSA) is 18.5 Å². The van der Waals surface area contributed by atoms with Crippen molar-refractivity contribution >= 4 is 22.0 Å². The molecule has 0 bridgehead atoms. The van der Waals surface area contributed by atoms with Gasteiger partial charge in [0.15, 0.2) is 11.5 Å². The van der Waals surface area contributed by atoms with Crippen molar-refractivity contribution in [3.63, 3.8) is 0 Å². The Morgan fingerprint density at radius 1 is 1.12 bits per heavy atom. The third kappa shape index (κ3) is 3.89. The van der Waals surface area contributed by atoms with Crippen LogP contribution in [0.4, 0.5) is 0 Å². The summed E-state index contributed by atoms with van der Waals surface area (Å²) >= 11 is 3.35. The number of benzene rings is 1. The van der Waals surface area contributed by atoms with Gasteiger partial charge in [-0.3, -0.25) is 0 Å². The Morgan fingerprint density at radius 3 is 2.44 bits per heavy atom. The fraction of sp³-hybridized carbons (Fsp3) is 0.385. The molecule has 0 saturated heterocycles. The maximum atomic E-state index is 5.54. The highest BCUT2D eigenvalue weighted by Gasteiger charge is 2.04. The van der Waals surface area contributed by atoms with Crippen molar-refractivity contribution in [1.82, 2.24) is 0 Å². The average molecular weight is 285 g/mol. The smallest absolute Gasteiger partial charge is 0.161 e. The maximum absolute atomic E-state index is 5.54. The third-order valence-electron chi connectivity index (χ3n) is 1.97. The summed E-state index contributed by atoms with van der Waals surface area (Å²) in [6.07, 6.45) is 4.10. The van der Waals surface area contributed by atoms with Crippen LogP contribution in [0.2, 0.25) is 0 Å². The van der Waals surface area contributed by atoms with Crippen LogP contribution in [-0.4, -0.2) is 18.5 Å². The molecular weight excluding hydrogens is 268 g/mol. The van der Waals surface area contributed by atoms with Gasteiger partial charge < -0.3 is 9.47 Å². The van der Waals surface area contributed by atoms with Gasteiger partial charge in [0.1, 0.15) is 0 Å². The van der Waals surface area contributed by atoms with Gasteiger partial charge in [0.25, 0.3) is 0 Å². The lowest BCUT2D eigenvalue weighted by atomic mass is 10.2. The van der Waals surface area contributed by atoms with E-state index >= 15 is 0 Å². The predicted octanol–water partition coefficient (Wildman–Crippen LogP) is 3.89. The van der Waals surface area contributed by atoms with E-state index in [1.165, 1.54) is 0 Å². The Kier molecular flexibility index (Phi) is 6.01. The van der Waals surface area contributed by atoms with E-state index in [0.717, 1.165) is 22.4 Å². The molecule has 0 heterocycles. The molecule has 0 amide bonds. The molecule has 0 aromatic heterocycles. The van der Waals surface area contributed by atoms with Gasteiger partial charge in [-0.1, -0.05) is 34.1 Å². The first-order valence-electron chi connectivity index (χ1n) is 5.44. The molecule has 2 nitrogen and oxygen atoms in total. The summed E-state index contributed by atoms with van der Waals surface area (Å²) in [4.78, 5) is 0. The average Bonchev–Trinajstić information content (AvgIpc) is 2.30. The molecule has 0 atom stereocenters. The molecule has 0 aliphatic heterocycles. The first kappa shape index (κ1) is 13.1. The number of allylic oxidation sites excluding steroid dienone is 1. The van der Waals surface area contributed by atoms with Gasteiger partial charge in [-0.2, -0.15) is 0 Å². The second kappa shape index (κ2) is 7.34. The van der Waals surface area contributed by atoms with Crippen LogP contribution in [0.1, 0.15) is 19.4 Å². The van der Waals surface area contributed by atoms with Crippen LogP contribution in [0.25, 0.3) is 6.08 Å². The second-order valence-electron chi connectivity index (χ2n) is 3.13. The van der Waals surface area contributed by atoms with Gasteiger partial charge in [-0.25, -0.2) is 0 Å². The summed E-state index contributed by atoms with van der Waals surface area (Å²) in [5.41, 5.74) is 1.12. The van der Waals surface area contributed by atoms with Crippen LogP contribution in [0, 0.1) is 0 Å². The van der Waals surface area contributed by atoms with Gasteiger partial charge in [-0.05, 0) is 31.5 Å². The van der Waals surface area contributed by atoms with E-state index in [0.29, 0.717) is 13.2 Å². The predicted molar refractivity (Wildman–Crippen MR) is 71.6 cm³/mol. The highest BCUT2D eigenvalue weighted by Crippen LogP contribution is 2.28. The van der Waals surface area contributed by atoms with Crippen LogP contribution in [0.5, 0.6) is 11.5 Å². The van der Waals surface area contributed by atoms with Crippen LogP contribution in [-0.2, 0) is 0 Å². The monoisotopic (exact) mass is 284 g/mol. The minimum absolute atomic E-state index is 0.645. The molecule has 1 rings (SSSR count). The molecule has 88 valence electrons. The summed E-state index contributed by atoms with van der Waals surface area (Å²) in [5.74, 6) is 1.61. The molecule has 0 spiro atoms. The molecule has 0 radical (unpaired) electrons. The molecule has 1 aromatic rings. The Hall–Kier alpha value is -0.960. The fourth-order valence-electron chi connectivity index (χ4n) is 1.35. The minimum Gasteiger partial charge on any atom is -0.490 e. The summed E-state index contributed by atoms with van der Waals surface area (Å²) in [5, 5.41) is 0.851. The summed E-state index contributed by atoms with van der Waals surface area (Å²) in [7, 11) is 0. The van der Waals surface area contributed by atoms with Gasteiger partial charge in [-0.15, -0.1) is 0 Å². The van der Waals surface area contributed by atoms with E-state index in [2.05, 4.69) is 15.9 Å². The van der Waals surface area contributed by atoms with Crippen molar-refractivity contribution in [1.29, 1.82) is 0 Å². The van der Waals surface area contributed by atoms with Gasteiger partial charge in [0.05, 0.1) is 13.2 Å². The third-order valence-corrected chi connectivity index (χ3v) is 2.34. The van der Waals surface area contributed by atoms with Gasteiger partial charge in [0, 0.05) is 5.33 Å². The van der Waals surface area contributed by atoms with Crippen molar-refractivity contribution in [2.45, 2.75) is 13.8 Å². The Morgan fingerprint density at radius 2 is 1.81 bits per heavy atom. The molecule has 1 aromatic carbocycles. The molecule has 16 heavy (non-hydrogen) atoms. The Balaban J connectivity index is 2.92. The SMILES string of the molecule is CCOc1ccc(C=CCBr)cc1OCC. The highest BCUT2D eigenvalue weighted by molar-refractivity contribution is 9.09. The van der Waals surface area contributed by atoms with Crippen LogP contribution in [0.15, 0.2) is 24.3 Å². The summed E-state index contributed by atoms with van der Waals surface area (Å²) in [6.45, 7) is 5.23. The number of rotatable bonds is 6. The quantitative estimate of drug-likeness (QED) is 0.738. The van der Waals surface area contributed by atoms with E-state index in [1.54, 1.807) is 0 Å². The molecule has 0 fully saturated rings. The molecular formula is C13H17BrO2. The molecule has 0 aliphatic rings. The van der Waals surface area contributed by atoms with Crippen molar-refractivity contribution in [2.75, 3.05) is 18.5 Å². The van der Waals surface area contributed by atoms with E-state index in [1.807, 2.05) is 44.2 Å². The largest absolute Gasteiger partial charge is 0.490 e. The van der Waals surface area contributed by atoms with E-state index in [9.17, 15) is 0 Å². The molecule has 0 saturated carbocycles. The summed E-state index contributed by atoms with van der Waals surface area (Å²) in [6, 6.07) is 5.96.